The predicted molar refractivity (Wildman–Crippen MR) is 310 cm³/mol. The Morgan fingerprint density at radius 2 is 0.730 bits per heavy atom. The van der Waals surface area contributed by atoms with E-state index in [-0.39, 0.29) is 16.2 Å². The first kappa shape index (κ1) is 43.0. The smallest absolute Gasteiger partial charge is 0.137 e. The average Bonchev–Trinajstić information content (AvgIpc) is 4.09. The van der Waals surface area contributed by atoms with E-state index in [0.717, 1.165) is 28.2 Å². The maximum Gasteiger partial charge on any atom is 0.137 e. The van der Waals surface area contributed by atoms with E-state index in [9.17, 15) is 0 Å². The highest BCUT2D eigenvalue weighted by Crippen LogP contribution is 2.57. The van der Waals surface area contributed by atoms with Crippen LogP contribution in [-0.2, 0) is 16.2 Å². The van der Waals surface area contributed by atoms with Crippen molar-refractivity contribution in [3.8, 4) is 89.3 Å². The lowest BCUT2D eigenvalue weighted by Crippen LogP contribution is -2.15. The first-order chi connectivity index (χ1) is 36.0. The molecule has 0 unspecified atom stereocenters. The first-order valence-electron chi connectivity index (χ1n) is 26.3. The molecule has 0 saturated heterocycles. The summed E-state index contributed by atoms with van der Waals surface area (Å²) < 4.78 is 2.20. The number of rotatable bonds is 5. The monoisotopic (exact) mass is 946 g/mol. The van der Waals surface area contributed by atoms with Crippen molar-refractivity contribution in [3.63, 3.8) is 0 Å². The second-order valence-electron chi connectivity index (χ2n) is 22.7. The van der Waals surface area contributed by atoms with Gasteiger partial charge in [-0.3, -0.25) is 4.40 Å². The lowest BCUT2D eigenvalue weighted by Gasteiger charge is -2.25. The van der Waals surface area contributed by atoms with Crippen molar-refractivity contribution >= 4 is 27.2 Å². The van der Waals surface area contributed by atoms with E-state index in [1.165, 1.54) is 122 Å². The zero-order valence-electron chi connectivity index (χ0n) is 42.7. The van der Waals surface area contributed by atoms with Crippen LogP contribution in [0.5, 0.6) is 0 Å². The van der Waals surface area contributed by atoms with Crippen LogP contribution in [0.25, 0.3) is 116 Å². The van der Waals surface area contributed by atoms with Crippen LogP contribution in [0, 0.1) is 0 Å². The zero-order valence-corrected chi connectivity index (χ0v) is 42.7. The first-order valence-corrected chi connectivity index (χ1v) is 26.3. The molecule has 0 fully saturated rings. The number of imidazole rings is 1. The Kier molecular flexibility index (Phi) is 8.86. The molecule has 3 aliphatic carbocycles. The molecule has 12 aromatic rings. The van der Waals surface area contributed by atoms with Gasteiger partial charge in [0.2, 0.25) is 0 Å². The number of fused-ring (bicyclic) bond motifs is 12. The molecular weight excluding hydrogens is 893 g/mol. The van der Waals surface area contributed by atoms with Gasteiger partial charge in [-0.25, -0.2) is 4.98 Å². The van der Waals surface area contributed by atoms with Gasteiger partial charge in [0.1, 0.15) is 5.65 Å². The molecule has 10 aromatic carbocycles. The number of aromatic nitrogens is 2. The predicted octanol–water partition coefficient (Wildman–Crippen LogP) is 18.9. The summed E-state index contributed by atoms with van der Waals surface area (Å²) in [4.78, 5) is 5.17. The maximum atomic E-state index is 5.17. The van der Waals surface area contributed by atoms with Crippen molar-refractivity contribution in [2.24, 2.45) is 0 Å². The number of pyridine rings is 1. The van der Waals surface area contributed by atoms with Crippen LogP contribution in [0.4, 0.5) is 0 Å². The van der Waals surface area contributed by atoms with E-state index in [1.54, 1.807) is 0 Å². The van der Waals surface area contributed by atoms with E-state index in [2.05, 4.69) is 264 Å². The minimum atomic E-state index is -0.260. The van der Waals surface area contributed by atoms with Gasteiger partial charge in [-0.2, -0.15) is 0 Å². The lowest BCUT2D eigenvalue weighted by atomic mass is 9.77. The summed E-state index contributed by atoms with van der Waals surface area (Å²) in [7, 11) is 0. The summed E-state index contributed by atoms with van der Waals surface area (Å²) in [6.07, 6.45) is 2.11. The standard InChI is InChI=1S/C72H54N2/c1-70(2)59-24-14-12-20-49(59)51-35-32-47(39-62(51)70)66-54-22-10-11-23-55(54)67(48-33-36-52-50-21-13-15-25-60(50)71(3,4)63(52)40-48)58-42-64-56(41-57(58)66)53-34-31-46(38-61(53)72(64,5)6)43-27-29-44(30-28-43)68-69(45-18-8-7-9-19-45)74-37-17-16-26-65(74)73-68/h7-42H,1-6H3. The minimum Gasteiger partial charge on any atom is -0.299 e. The number of benzene rings is 10. The van der Waals surface area contributed by atoms with Crippen molar-refractivity contribution in [3.05, 3.63) is 252 Å². The summed E-state index contributed by atoms with van der Waals surface area (Å²) in [6, 6.07) is 80.0. The van der Waals surface area contributed by atoms with E-state index in [1.807, 2.05) is 0 Å². The molecule has 2 aromatic heterocycles. The minimum absolute atomic E-state index is 0.121. The highest BCUT2D eigenvalue weighted by Gasteiger charge is 2.39. The number of nitrogens with zero attached hydrogens (tertiary/aromatic N) is 2. The third-order valence-electron chi connectivity index (χ3n) is 17.6. The topological polar surface area (TPSA) is 17.3 Å². The van der Waals surface area contributed by atoms with Gasteiger partial charge in [-0.15, -0.1) is 0 Å². The number of hydrogen-bond acceptors (Lipinski definition) is 1. The lowest BCUT2D eigenvalue weighted by molar-refractivity contribution is 0.660. The van der Waals surface area contributed by atoms with Crippen molar-refractivity contribution in [2.75, 3.05) is 0 Å². The molecule has 0 atom stereocenters. The molecule has 2 heteroatoms. The van der Waals surface area contributed by atoms with Crippen LogP contribution >= 0.6 is 0 Å². The summed E-state index contributed by atoms with van der Waals surface area (Å²) >= 11 is 0. The van der Waals surface area contributed by atoms with Crippen LogP contribution in [0.3, 0.4) is 0 Å². The van der Waals surface area contributed by atoms with E-state index in [0.29, 0.717) is 0 Å². The Morgan fingerprint density at radius 1 is 0.297 bits per heavy atom. The van der Waals surface area contributed by atoms with Crippen molar-refractivity contribution in [1.82, 2.24) is 9.38 Å². The highest BCUT2D eigenvalue weighted by molar-refractivity contribution is 6.23. The zero-order chi connectivity index (χ0) is 49.8. The molecule has 0 aliphatic heterocycles. The molecule has 2 heterocycles. The van der Waals surface area contributed by atoms with E-state index >= 15 is 0 Å². The van der Waals surface area contributed by atoms with Crippen LogP contribution in [-0.4, -0.2) is 9.38 Å². The van der Waals surface area contributed by atoms with Gasteiger partial charge in [0.15, 0.2) is 0 Å². The van der Waals surface area contributed by atoms with E-state index < -0.39 is 0 Å². The summed E-state index contributed by atoms with van der Waals surface area (Å²) in [5, 5.41) is 5.15. The quantitative estimate of drug-likeness (QED) is 0.157. The third kappa shape index (κ3) is 5.91. The molecule has 0 radical (unpaired) electrons. The maximum absolute atomic E-state index is 5.17. The van der Waals surface area contributed by atoms with Crippen LogP contribution in [0.2, 0.25) is 0 Å². The van der Waals surface area contributed by atoms with Gasteiger partial charge in [-0.05, 0) is 164 Å². The third-order valence-corrected chi connectivity index (χ3v) is 17.6. The second kappa shape index (κ2) is 15.2. The molecule has 0 amide bonds. The summed E-state index contributed by atoms with van der Waals surface area (Å²) in [5.41, 5.74) is 28.6. The van der Waals surface area contributed by atoms with Crippen LogP contribution in [0.15, 0.2) is 219 Å². The highest BCUT2D eigenvalue weighted by atomic mass is 15.0. The fourth-order valence-electron chi connectivity index (χ4n) is 13.8. The van der Waals surface area contributed by atoms with Gasteiger partial charge in [0, 0.05) is 33.6 Å². The Balaban J connectivity index is 0.918. The molecule has 2 nitrogen and oxygen atoms in total. The normalized spacial score (nSPS) is 14.9. The van der Waals surface area contributed by atoms with Gasteiger partial charge in [0.05, 0.1) is 11.4 Å². The fourth-order valence-corrected chi connectivity index (χ4v) is 13.8. The Hall–Kier alpha value is -8.59. The Bertz CT molecular complexity index is 4370. The van der Waals surface area contributed by atoms with Crippen LogP contribution < -0.4 is 0 Å². The molecule has 15 rings (SSSR count). The molecule has 0 spiro atoms. The van der Waals surface area contributed by atoms with Crippen molar-refractivity contribution in [1.29, 1.82) is 0 Å². The van der Waals surface area contributed by atoms with Crippen molar-refractivity contribution in [2.45, 2.75) is 57.8 Å². The molecule has 74 heavy (non-hydrogen) atoms. The molecular formula is C72H54N2. The summed E-state index contributed by atoms with van der Waals surface area (Å²) in [6.45, 7) is 14.4. The molecule has 0 saturated carbocycles. The number of hydrogen-bond donors (Lipinski definition) is 0. The Morgan fingerprint density at radius 3 is 1.34 bits per heavy atom. The molecule has 352 valence electrons. The van der Waals surface area contributed by atoms with Gasteiger partial charge in [-0.1, -0.05) is 211 Å². The largest absolute Gasteiger partial charge is 0.299 e. The van der Waals surface area contributed by atoms with Crippen molar-refractivity contribution < 1.29 is 0 Å². The van der Waals surface area contributed by atoms with Gasteiger partial charge < -0.3 is 0 Å². The van der Waals surface area contributed by atoms with Gasteiger partial charge in [0.25, 0.3) is 0 Å². The van der Waals surface area contributed by atoms with E-state index in [4.69, 9.17) is 4.98 Å². The fraction of sp³-hybridized carbons (Fsp3) is 0.125. The Labute approximate surface area is 433 Å². The molecule has 0 bridgehead atoms. The summed E-state index contributed by atoms with van der Waals surface area (Å²) in [5.74, 6) is 0. The van der Waals surface area contributed by atoms with Crippen LogP contribution in [0.1, 0.15) is 74.9 Å². The average molecular weight is 947 g/mol. The molecule has 3 aliphatic rings. The van der Waals surface area contributed by atoms with Gasteiger partial charge >= 0.3 is 0 Å². The second-order valence-corrected chi connectivity index (χ2v) is 22.7. The SMILES string of the molecule is CC1(C)c2ccccc2-c2ccc(-c3c4ccccc4c(-c4ccc5c(c4)C(C)(C)c4ccccc4-5)c4cc5c(cc34)-c3ccc(-c4ccc(-c6nc7ccccn7c6-c6ccccc6)cc4)cc3C5(C)C)cc21. The molecule has 0 N–H and O–H groups in total.